The molecule has 1 atom stereocenters. The first-order valence-electron chi connectivity index (χ1n) is 8.64. The molecule has 3 heterocycles. The average molecular weight is 329 g/mol. The number of aromatic nitrogens is 3. The van der Waals surface area contributed by atoms with Gasteiger partial charge in [-0.05, 0) is 24.5 Å². The van der Waals surface area contributed by atoms with Crippen LogP contribution in [-0.4, -0.2) is 41.2 Å². The van der Waals surface area contributed by atoms with Gasteiger partial charge in [0.15, 0.2) is 17.3 Å². The molecule has 6 nitrogen and oxygen atoms in total. The van der Waals surface area contributed by atoms with Gasteiger partial charge in [0.1, 0.15) is 19.0 Å². The lowest BCUT2D eigenvalue weighted by Gasteiger charge is -2.19. The van der Waals surface area contributed by atoms with E-state index in [2.05, 4.69) is 13.8 Å². The molecule has 1 saturated heterocycles. The van der Waals surface area contributed by atoms with E-state index >= 15 is 0 Å². The largest absolute Gasteiger partial charge is 0.486 e. The van der Waals surface area contributed by atoms with Crippen molar-refractivity contribution in [3.8, 4) is 17.2 Å². The molecule has 0 radical (unpaired) electrons. The van der Waals surface area contributed by atoms with Crippen molar-refractivity contribution in [2.24, 2.45) is 5.92 Å². The van der Waals surface area contributed by atoms with Crippen LogP contribution in [0.25, 0.3) is 5.69 Å². The quantitative estimate of drug-likeness (QED) is 0.863. The third-order valence-corrected chi connectivity index (χ3v) is 4.33. The molecule has 0 unspecified atom stereocenters. The summed E-state index contributed by atoms with van der Waals surface area (Å²) in [6.07, 6.45) is 1.86. The molecule has 1 aromatic heterocycles. The molecule has 0 amide bonds. The van der Waals surface area contributed by atoms with E-state index in [9.17, 15) is 0 Å². The van der Waals surface area contributed by atoms with E-state index in [1.807, 2.05) is 22.9 Å². The lowest BCUT2D eigenvalue weighted by Crippen LogP contribution is -2.16. The molecule has 1 aromatic carbocycles. The van der Waals surface area contributed by atoms with Crippen molar-refractivity contribution < 1.29 is 14.2 Å². The Kier molecular flexibility index (Phi) is 4.14. The van der Waals surface area contributed by atoms with Crippen LogP contribution < -0.4 is 9.47 Å². The van der Waals surface area contributed by atoms with E-state index < -0.39 is 0 Å². The Morgan fingerprint density at radius 3 is 2.75 bits per heavy atom. The maximum Gasteiger partial charge on any atom is 0.163 e. The Bertz CT molecular complexity index is 720. The van der Waals surface area contributed by atoms with E-state index in [1.165, 1.54) is 0 Å². The molecular formula is C18H23N3O3. The third-order valence-electron chi connectivity index (χ3n) is 4.33. The van der Waals surface area contributed by atoms with Crippen molar-refractivity contribution in [1.29, 1.82) is 0 Å². The maximum atomic E-state index is 5.71. The molecule has 2 aromatic rings. The number of nitrogens with zero attached hydrogens (tertiary/aromatic N) is 3. The third kappa shape index (κ3) is 2.98. The molecule has 24 heavy (non-hydrogen) atoms. The zero-order chi connectivity index (χ0) is 16.5. The van der Waals surface area contributed by atoms with Crippen LogP contribution in [0.5, 0.6) is 11.5 Å². The topological polar surface area (TPSA) is 58.4 Å². The Balaban J connectivity index is 1.73. The maximum absolute atomic E-state index is 5.71. The van der Waals surface area contributed by atoms with Crippen LogP contribution in [0.3, 0.4) is 0 Å². The highest BCUT2D eigenvalue weighted by Crippen LogP contribution is 2.33. The number of fused-ring (bicyclic) bond motifs is 1. The standard InChI is InChI=1S/C18H23N3O3/c1-12(2)9-17-19-18(13-5-6-22-11-13)21(20-17)14-3-4-15-16(10-14)24-8-7-23-15/h3-4,10,12-13H,5-9,11H2,1-2H3/t13-/m0/s1. The number of hydrogen-bond donors (Lipinski definition) is 0. The van der Waals surface area contributed by atoms with Crippen molar-refractivity contribution in [3.05, 3.63) is 29.8 Å². The summed E-state index contributed by atoms with van der Waals surface area (Å²) < 4.78 is 18.8. The summed E-state index contributed by atoms with van der Waals surface area (Å²) in [7, 11) is 0. The van der Waals surface area contributed by atoms with Crippen molar-refractivity contribution in [3.63, 3.8) is 0 Å². The monoisotopic (exact) mass is 329 g/mol. The number of benzene rings is 1. The van der Waals surface area contributed by atoms with Gasteiger partial charge in [-0.2, -0.15) is 5.10 Å². The summed E-state index contributed by atoms with van der Waals surface area (Å²) in [4.78, 5) is 4.82. The fraction of sp³-hybridized carbons (Fsp3) is 0.556. The molecule has 4 rings (SSSR count). The van der Waals surface area contributed by atoms with Crippen molar-refractivity contribution in [1.82, 2.24) is 14.8 Å². The molecule has 1 fully saturated rings. The highest BCUT2D eigenvalue weighted by molar-refractivity contribution is 5.49. The summed E-state index contributed by atoms with van der Waals surface area (Å²) >= 11 is 0. The highest BCUT2D eigenvalue weighted by Gasteiger charge is 2.26. The minimum Gasteiger partial charge on any atom is -0.486 e. The van der Waals surface area contributed by atoms with Gasteiger partial charge in [-0.25, -0.2) is 9.67 Å². The van der Waals surface area contributed by atoms with Crippen LogP contribution in [-0.2, 0) is 11.2 Å². The molecule has 2 aliphatic rings. The second-order valence-electron chi connectivity index (χ2n) is 6.78. The lowest BCUT2D eigenvalue weighted by molar-refractivity contribution is 0.171. The van der Waals surface area contributed by atoms with E-state index in [1.54, 1.807) is 0 Å². The van der Waals surface area contributed by atoms with Gasteiger partial charge in [0, 0.05) is 25.0 Å². The van der Waals surface area contributed by atoms with Gasteiger partial charge >= 0.3 is 0 Å². The van der Waals surface area contributed by atoms with Crippen molar-refractivity contribution >= 4 is 0 Å². The first-order valence-corrected chi connectivity index (χ1v) is 8.64. The molecule has 6 heteroatoms. The average Bonchev–Trinajstić information content (AvgIpc) is 3.23. The summed E-state index contributed by atoms with van der Waals surface area (Å²) in [5, 5.41) is 4.77. The molecule has 0 aliphatic carbocycles. The van der Waals surface area contributed by atoms with Crippen LogP contribution in [0.4, 0.5) is 0 Å². The van der Waals surface area contributed by atoms with Crippen LogP contribution >= 0.6 is 0 Å². The van der Waals surface area contributed by atoms with Crippen molar-refractivity contribution in [2.75, 3.05) is 26.4 Å². The second-order valence-corrected chi connectivity index (χ2v) is 6.78. The second kappa shape index (κ2) is 6.43. The van der Waals surface area contributed by atoms with Gasteiger partial charge in [-0.3, -0.25) is 0 Å². The molecular weight excluding hydrogens is 306 g/mol. The van der Waals surface area contributed by atoms with E-state index in [-0.39, 0.29) is 0 Å². The predicted molar refractivity (Wildman–Crippen MR) is 89.1 cm³/mol. The Hall–Kier alpha value is -2.08. The summed E-state index contributed by atoms with van der Waals surface area (Å²) in [5.74, 6) is 4.26. The zero-order valence-corrected chi connectivity index (χ0v) is 14.2. The van der Waals surface area contributed by atoms with Gasteiger partial charge in [0.05, 0.1) is 12.3 Å². The van der Waals surface area contributed by atoms with Gasteiger partial charge in [0.25, 0.3) is 0 Å². The fourth-order valence-electron chi connectivity index (χ4n) is 3.18. The minimum atomic E-state index is 0.298. The van der Waals surface area contributed by atoms with Gasteiger partial charge < -0.3 is 14.2 Å². The van der Waals surface area contributed by atoms with Crippen LogP contribution in [0, 0.1) is 5.92 Å². The Labute approximate surface area is 141 Å². The van der Waals surface area contributed by atoms with Crippen LogP contribution in [0.2, 0.25) is 0 Å². The Morgan fingerprint density at radius 2 is 2.00 bits per heavy atom. The first kappa shape index (κ1) is 15.4. The highest BCUT2D eigenvalue weighted by atomic mass is 16.6. The molecule has 2 aliphatic heterocycles. The SMILES string of the molecule is CC(C)Cc1nc([C@H]2CCOC2)n(-c2ccc3c(c2)OCCO3)n1. The number of hydrogen-bond acceptors (Lipinski definition) is 5. The van der Waals surface area contributed by atoms with Gasteiger partial charge in [-0.15, -0.1) is 0 Å². The smallest absolute Gasteiger partial charge is 0.163 e. The summed E-state index contributed by atoms with van der Waals surface area (Å²) in [6, 6.07) is 5.95. The number of ether oxygens (including phenoxy) is 3. The Morgan fingerprint density at radius 1 is 1.17 bits per heavy atom. The molecule has 0 bridgehead atoms. The van der Waals surface area contributed by atoms with Gasteiger partial charge in [-0.1, -0.05) is 13.8 Å². The normalized spacial score (nSPS) is 19.9. The van der Waals surface area contributed by atoms with Gasteiger partial charge in [0.2, 0.25) is 0 Å². The molecule has 0 spiro atoms. The zero-order valence-electron chi connectivity index (χ0n) is 14.2. The van der Waals surface area contributed by atoms with E-state index in [0.717, 1.165) is 48.3 Å². The molecule has 128 valence electrons. The minimum absolute atomic E-state index is 0.298. The van der Waals surface area contributed by atoms with Crippen LogP contribution in [0.15, 0.2) is 18.2 Å². The molecule has 0 saturated carbocycles. The molecule has 0 N–H and O–H groups in total. The fourth-order valence-corrected chi connectivity index (χ4v) is 3.18. The lowest BCUT2D eigenvalue weighted by atomic mass is 10.1. The predicted octanol–water partition coefficient (Wildman–Crippen LogP) is 2.74. The first-order chi connectivity index (χ1) is 11.7. The number of rotatable bonds is 4. The van der Waals surface area contributed by atoms with Crippen molar-refractivity contribution in [2.45, 2.75) is 32.6 Å². The summed E-state index contributed by atoms with van der Waals surface area (Å²) in [5.41, 5.74) is 0.962. The van der Waals surface area contributed by atoms with E-state index in [4.69, 9.17) is 24.3 Å². The van der Waals surface area contributed by atoms with E-state index in [0.29, 0.717) is 31.7 Å². The van der Waals surface area contributed by atoms with Crippen LogP contribution in [0.1, 0.15) is 37.8 Å². The summed E-state index contributed by atoms with van der Waals surface area (Å²) in [6.45, 7) is 7.05.